The van der Waals surface area contributed by atoms with Crippen molar-refractivity contribution < 1.29 is 14.3 Å². The lowest BCUT2D eigenvalue weighted by Gasteiger charge is -2.24. The quantitative estimate of drug-likeness (QED) is 0.402. The van der Waals surface area contributed by atoms with Crippen molar-refractivity contribution in [3.8, 4) is 0 Å². The summed E-state index contributed by atoms with van der Waals surface area (Å²) in [6, 6.07) is 0. The third-order valence-electron chi connectivity index (χ3n) is 2.92. The van der Waals surface area contributed by atoms with E-state index in [1.54, 1.807) is 0 Å². The van der Waals surface area contributed by atoms with E-state index in [1.807, 2.05) is 0 Å². The molecule has 1 aliphatic carbocycles. The molecule has 1 saturated carbocycles. The van der Waals surface area contributed by atoms with Gasteiger partial charge in [-0.25, -0.2) is 0 Å². The molecule has 0 aromatic rings. The van der Waals surface area contributed by atoms with Gasteiger partial charge in [0.2, 0.25) is 0 Å². The molecule has 3 nitrogen and oxygen atoms in total. The van der Waals surface area contributed by atoms with Crippen molar-refractivity contribution in [3.05, 3.63) is 0 Å². The molecule has 3 heteroatoms. The number of carbonyl (C=O) groups is 2. The molecule has 0 N–H and O–H groups in total. The van der Waals surface area contributed by atoms with Crippen LogP contribution in [0.5, 0.6) is 0 Å². The van der Waals surface area contributed by atoms with Crippen molar-refractivity contribution in [2.75, 3.05) is 0 Å². The van der Waals surface area contributed by atoms with Crippen LogP contribution in [0.4, 0.5) is 0 Å². The number of esters is 2. The number of hydrogen-bond acceptors (Lipinski definition) is 3. The van der Waals surface area contributed by atoms with E-state index >= 15 is 0 Å². The van der Waals surface area contributed by atoms with Crippen LogP contribution >= 0.6 is 0 Å². The molecule has 0 aromatic carbocycles. The molecule has 0 radical (unpaired) electrons. The third kappa shape index (κ3) is 1.04. The van der Waals surface area contributed by atoms with Gasteiger partial charge in [0.05, 0.1) is 11.8 Å². The molecule has 0 amide bonds. The second-order valence-corrected chi connectivity index (χ2v) is 3.87. The zero-order valence-electron chi connectivity index (χ0n) is 7.08. The number of fused-ring (bicyclic) bond motifs is 1. The van der Waals surface area contributed by atoms with Crippen molar-refractivity contribution >= 4 is 11.9 Å². The van der Waals surface area contributed by atoms with Crippen molar-refractivity contribution in [2.45, 2.75) is 26.2 Å². The second kappa shape index (κ2) is 2.57. The lowest BCUT2D eigenvalue weighted by molar-refractivity contribution is -0.153. The van der Waals surface area contributed by atoms with E-state index in [2.05, 4.69) is 11.7 Å². The van der Waals surface area contributed by atoms with Gasteiger partial charge in [-0.2, -0.15) is 0 Å². The topological polar surface area (TPSA) is 43.4 Å². The van der Waals surface area contributed by atoms with Crippen LogP contribution in [0.2, 0.25) is 0 Å². The Balaban J connectivity index is 2.17. The van der Waals surface area contributed by atoms with Crippen molar-refractivity contribution in [1.82, 2.24) is 0 Å². The molecule has 1 saturated heterocycles. The third-order valence-corrected chi connectivity index (χ3v) is 2.92. The maximum Gasteiger partial charge on any atom is 0.317 e. The van der Waals surface area contributed by atoms with Gasteiger partial charge in [0.15, 0.2) is 0 Å². The number of ether oxygens (including phenoxy) is 1. The van der Waals surface area contributed by atoms with Crippen LogP contribution in [0.15, 0.2) is 0 Å². The number of hydrogen-bond donors (Lipinski definition) is 0. The summed E-state index contributed by atoms with van der Waals surface area (Å²) in [7, 11) is 0. The first-order valence-corrected chi connectivity index (χ1v) is 4.44. The molecule has 2 fully saturated rings. The zero-order valence-corrected chi connectivity index (χ0v) is 7.08. The largest absolute Gasteiger partial charge is 0.393 e. The van der Waals surface area contributed by atoms with Crippen molar-refractivity contribution in [3.63, 3.8) is 0 Å². The molecule has 0 bridgehead atoms. The minimum absolute atomic E-state index is 0.117. The van der Waals surface area contributed by atoms with Crippen molar-refractivity contribution in [1.29, 1.82) is 0 Å². The molecule has 1 unspecified atom stereocenters. The smallest absolute Gasteiger partial charge is 0.317 e. The molecule has 66 valence electrons. The van der Waals surface area contributed by atoms with E-state index < -0.39 is 0 Å². The summed E-state index contributed by atoms with van der Waals surface area (Å²) < 4.78 is 4.58. The Hall–Kier alpha value is -0.860. The van der Waals surface area contributed by atoms with Gasteiger partial charge in [0, 0.05) is 0 Å². The highest BCUT2D eigenvalue weighted by atomic mass is 16.6. The van der Waals surface area contributed by atoms with Gasteiger partial charge < -0.3 is 4.74 Å². The van der Waals surface area contributed by atoms with Gasteiger partial charge in [-0.3, -0.25) is 9.59 Å². The van der Waals surface area contributed by atoms with Gasteiger partial charge >= 0.3 is 11.9 Å². The Morgan fingerprint density at radius 3 is 2.58 bits per heavy atom. The van der Waals surface area contributed by atoms with Crippen molar-refractivity contribution in [2.24, 2.45) is 17.8 Å². The lowest BCUT2D eigenvalue weighted by Crippen LogP contribution is -2.25. The highest BCUT2D eigenvalue weighted by Crippen LogP contribution is 2.38. The highest BCUT2D eigenvalue weighted by Gasteiger charge is 2.46. The molecule has 2 aliphatic rings. The van der Waals surface area contributed by atoms with Gasteiger partial charge in [-0.05, 0) is 25.2 Å². The maximum absolute atomic E-state index is 11.1. The molecule has 0 spiro atoms. The minimum atomic E-state index is -0.295. The fraction of sp³-hybridized carbons (Fsp3) is 0.778. The first-order valence-electron chi connectivity index (χ1n) is 4.44. The number of rotatable bonds is 0. The Morgan fingerprint density at radius 2 is 1.83 bits per heavy atom. The van der Waals surface area contributed by atoms with Gasteiger partial charge in [-0.15, -0.1) is 0 Å². The lowest BCUT2D eigenvalue weighted by atomic mass is 9.76. The SMILES string of the molecule is C[C@@H]1CCC2C(=O)OC(=O)[C@@H]2C1. The normalized spacial score (nSPS) is 40.9. The fourth-order valence-corrected chi connectivity index (χ4v) is 2.17. The van der Waals surface area contributed by atoms with Crippen LogP contribution in [0.1, 0.15) is 26.2 Å². The van der Waals surface area contributed by atoms with E-state index in [0.717, 1.165) is 19.3 Å². The Kier molecular flexibility index (Phi) is 1.67. The maximum atomic E-state index is 11.1. The first-order chi connectivity index (χ1) is 5.68. The molecule has 1 heterocycles. The molecule has 3 atom stereocenters. The van der Waals surface area contributed by atoms with Crippen LogP contribution in [0.3, 0.4) is 0 Å². The summed E-state index contributed by atoms with van der Waals surface area (Å²) in [5.41, 5.74) is 0. The van der Waals surface area contributed by atoms with Crippen LogP contribution in [-0.2, 0) is 14.3 Å². The summed E-state index contributed by atoms with van der Waals surface area (Å²) in [6.07, 6.45) is 2.70. The minimum Gasteiger partial charge on any atom is -0.393 e. The molecule has 2 rings (SSSR count). The monoisotopic (exact) mass is 168 g/mol. The van der Waals surface area contributed by atoms with Gasteiger partial charge in [0.1, 0.15) is 0 Å². The van der Waals surface area contributed by atoms with E-state index in [4.69, 9.17) is 0 Å². The molecule has 0 aromatic heterocycles. The molecule has 1 aliphatic heterocycles. The van der Waals surface area contributed by atoms with E-state index in [9.17, 15) is 9.59 Å². The van der Waals surface area contributed by atoms with Gasteiger partial charge in [-0.1, -0.05) is 6.92 Å². The van der Waals surface area contributed by atoms with Gasteiger partial charge in [0.25, 0.3) is 0 Å². The molecule has 12 heavy (non-hydrogen) atoms. The predicted octanol–water partition coefficient (Wildman–Crippen LogP) is 1.12. The summed E-state index contributed by atoms with van der Waals surface area (Å²) in [5, 5.41) is 0. The van der Waals surface area contributed by atoms with Crippen LogP contribution in [0.25, 0.3) is 0 Å². The number of cyclic esters (lactones) is 2. The standard InChI is InChI=1S/C9H12O3/c1-5-2-3-6-7(4-5)9(11)12-8(6)10/h5-7H,2-4H2,1H3/t5-,6?,7-/m1/s1. The highest BCUT2D eigenvalue weighted by molar-refractivity contribution is 5.96. The second-order valence-electron chi connectivity index (χ2n) is 3.87. The Labute approximate surface area is 71.1 Å². The Bertz CT molecular complexity index is 234. The average Bonchev–Trinajstić information content (AvgIpc) is 2.28. The molecular weight excluding hydrogens is 156 g/mol. The predicted molar refractivity (Wildman–Crippen MR) is 41.1 cm³/mol. The van der Waals surface area contributed by atoms with E-state index in [0.29, 0.717) is 5.92 Å². The average molecular weight is 168 g/mol. The Morgan fingerprint density at radius 1 is 1.17 bits per heavy atom. The summed E-state index contributed by atoms with van der Waals surface area (Å²) in [5.74, 6) is -0.270. The van der Waals surface area contributed by atoms with Crippen LogP contribution in [-0.4, -0.2) is 11.9 Å². The first kappa shape index (κ1) is 7.77. The van der Waals surface area contributed by atoms with E-state index in [1.165, 1.54) is 0 Å². The van der Waals surface area contributed by atoms with Crippen LogP contribution < -0.4 is 0 Å². The zero-order chi connectivity index (χ0) is 8.72. The fourth-order valence-electron chi connectivity index (χ4n) is 2.17. The number of carbonyl (C=O) groups excluding carboxylic acids is 2. The molecular formula is C9H12O3. The summed E-state index contributed by atoms with van der Waals surface area (Å²) >= 11 is 0. The van der Waals surface area contributed by atoms with Crippen LogP contribution in [0, 0.1) is 17.8 Å². The van der Waals surface area contributed by atoms with E-state index in [-0.39, 0.29) is 23.8 Å². The summed E-state index contributed by atoms with van der Waals surface area (Å²) in [4.78, 5) is 22.2. The summed E-state index contributed by atoms with van der Waals surface area (Å²) in [6.45, 7) is 2.12.